The number of aliphatic hydroxyl groups is 1. The summed E-state index contributed by atoms with van der Waals surface area (Å²) in [5.74, 6) is 0.113. The van der Waals surface area contributed by atoms with E-state index in [1.54, 1.807) is 0 Å². The first-order chi connectivity index (χ1) is 6.77. The summed E-state index contributed by atoms with van der Waals surface area (Å²) in [6.07, 6.45) is 5.88. The Bertz CT molecular complexity index is 267. The van der Waals surface area contributed by atoms with Gasteiger partial charge in [0.25, 0.3) is 0 Å². The molecule has 1 fully saturated rings. The van der Waals surface area contributed by atoms with Gasteiger partial charge in [-0.3, -0.25) is 4.90 Å². The summed E-state index contributed by atoms with van der Waals surface area (Å²) in [5, 5.41) is 17.4. The van der Waals surface area contributed by atoms with Crippen molar-refractivity contribution in [3.05, 3.63) is 29.6 Å². The second-order valence-electron chi connectivity index (χ2n) is 3.47. The van der Waals surface area contributed by atoms with Crippen LogP contribution in [0.2, 0.25) is 0 Å². The highest BCUT2D eigenvalue weighted by Crippen LogP contribution is 2.18. The molecule has 0 spiro atoms. The molecule has 0 aromatic carbocycles. The largest absolute Gasteiger partial charge is 0.505 e. The van der Waals surface area contributed by atoms with Gasteiger partial charge in [-0.1, -0.05) is 6.08 Å². The van der Waals surface area contributed by atoms with Crippen LogP contribution in [0.3, 0.4) is 0 Å². The first-order valence-electron chi connectivity index (χ1n) is 4.86. The molecule has 0 aromatic heterocycles. The van der Waals surface area contributed by atoms with E-state index < -0.39 is 0 Å². The van der Waals surface area contributed by atoms with Crippen LogP contribution in [0.4, 0.5) is 0 Å². The molecule has 14 heavy (non-hydrogen) atoms. The maximum absolute atomic E-state index is 9.22. The van der Waals surface area contributed by atoms with Crippen LogP contribution in [-0.4, -0.2) is 29.1 Å². The molecule has 0 aliphatic carbocycles. The van der Waals surface area contributed by atoms with Crippen LogP contribution in [0.25, 0.3) is 4.98 Å². The molecule has 76 valence electrons. The van der Waals surface area contributed by atoms with Gasteiger partial charge < -0.3 is 5.11 Å². The number of hydrogen-bond donors (Lipinski definition) is 1. The van der Waals surface area contributed by atoms with Crippen LogP contribution in [0.15, 0.2) is 24.6 Å². The summed E-state index contributed by atoms with van der Waals surface area (Å²) in [6.45, 7) is 5.62. The normalized spacial score (nSPS) is 23.4. The number of rotatable bonds is 4. The molecule has 1 aliphatic heterocycles. The molecule has 1 heterocycles. The highest BCUT2D eigenvalue weighted by molar-refractivity contribution is 4.98. The van der Waals surface area contributed by atoms with Gasteiger partial charge >= 0.3 is 6.20 Å². The molecule has 1 atom stereocenters. The van der Waals surface area contributed by atoms with E-state index in [9.17, 15) is 5.11 Å². The molecule has 0 aromatic rings. The van der Waals surface area contributed by atoms with E-state index >= 15 is 0 Å². The fourth-order valence-corrected chi connectivity index (χ4v) is 1.79. The SMILES string of the molecule is C=C[C@@H]1CCCN1CC/C(O)=C\[N+]#N. The lowest BCUT2D eigenvalue weighted by molar-refractivity contribution is 0.271. The van der Waals surface area contributed by atoms with Gasteiger partial charge in [0.05, 0.1) is 0 Å². The van der Waals surface area contributed by atoms with E-state index in [0.717, 1.165) is 25.7 Å². The maximum Gasteiger partial charge on any atom is 0.387 e. The van der Waals surface area contributed by atoms with Gasteiger partial charge in [-0.05, 0) is 19.4 Å². The van der Waals surface area contributed by atoms with Gasteiger partial charge in [-0.25, -0.2) is 0 Å². The Morgan fingerprint density at radius 3 is 3.14 bits per heavy atom. The summed E-state index contributed by atoms with van der Waals surface area (Å²) in [7, 11) is 0. The van der Waals surface area contributed by atoms with E-state index in [1.165, 1.54) is 6.42 Å². The number of aliphatic hydroxyl groups excluding tert-OH is 1. The predicted molar refractivity (Wildman–Crippen MR) is 55.2 cm³/mol. The average molecular weight is 194 g/mol. The van der Waals surface area contributed by atoms with Crippen LogP contribution in [0, 0.1) is 5.39 Å². The fourth-order valence-electron chi connectivity index (χ4n) is 1.79. The van der Waals surface area contributed by atoms with Gasteiger partial charge in [0.1, 0.15) is 0 Å². The Balaban J connectivity index is 2.34. The van der Waals surface area contributed by atoms with E-state index in [4.69, 9.17) is 5.39 Å². The Hall–Kier alpha value is -1.34. The molecule has 0 unspecified atom stereocenters. The summed E-state index contributed by atoms with van der Waals surface area (Å²) < 4.78 is 0. The minimum Gasteiger partial charge on any atom is -0.505 e. The molecule has 1 aliphatic rings. The van der Waals surface area contributed by atoms with E-state index in [2.05, 4.69) is 16.5 Å². The van der Waals surface area contributed by atoms with Crippen molar-refractivity contribution in [1.29, 1.82) is 5.39 Å². The molecular formula is C10H16N3O+. The summed E-state index contributed by atoms with van der Waals surface area (Å²) in [5.41, 5.74) is 0. The molecule has 0 saturated carbocycles. The highest BCUT2D eigenvalue weighted by atomic mass is 16.3. The van der Waals surface area contributed by atoms with Gasteiger partial charge in [0, 0.05) is 19.0 Å². The smallest absolute Gasteiger partial charge is 0.387 e. The van der Waals surface area contributed by atoms with Crippen molar-refractivity contribution in [2.75, 3.05) is 13.1 Å². The zero-order chi connectivity index (χ0) is 10.4. The van der Waals surface area contributed by atoms with E-state index in [1.807, 2.05) is 6.08 Å². The lowest BCUT2D eigenvalue weighted by Gasteiger charge is -2.20. The van der Waals surface area contributed by atoms with Crippen LogP contribution in [-0.2, 0) is 0 Å². The summed E-state index contributed by atoms with van der Waals surface area (Å²) >= 11 is 0. The monoisotopic (exact) mass is 194 g/mol. The molecule has 1 N–H and O–H groups in total. The standard InChI is InChI=1S/C10H15N3O/c1-2-9-4-3-6-13(9)7-5-10(14)8-12-11/h2,8-9H,1,3-7H2/p+1/b10-8+/t9-/m1/s1. The van der Waals surface area contributed by atoms with Crippen molar-refractivity contribution in [2.45, 2.75) is 25.3 Å². The average Bonchev–Trinajstić information content (AvgIpc) is 2.62. The van der Waals surface area contributed by atoms with Crippen molar-refractivity contribution in [3.63, 3.8) is 0 Å². The number of hydrogen-bond acceptors (Lipinski definition) is 3. The Kier molecular flexibility index (Phi) is 4.14. The maximum atomic E-state index is 9.22. The Morgan fingerprint density at radius 2 is 2.50 bits per heavy atom. The first kappa shape index (κ1) is 10.7. The topological polar surface area (TPSA) is 51.6 Å². The van der Waals surface area contributed by atoms with Crippen molar-refractivity contribution in [2.24, 2.45) is 0 Å². The molecule has 4 heteroatoms. The van der Waals surface area contributed by atoms with Crippen molar-refractivity contribution < 1.29 is 5.11 Å². The lowest BCUT2D eigenvalue weighted by Crippen LogP contribution is -2.28. The van der Waals surface area contributed by atoms with Crippen molar-refractivity contribution in [3.8, 4) is 0 Å². The van der Waals surface area contributed by atoms with Gasteiger partial charge in [0.2, 0.25) is 5.39 Å². The summed E-state index contributed by atoms with van der Waals surface area (Å²) in [4.78, 5) is 5.04. The second kappa shape index (κ2) is 5.40. The lowest BCUT2D eigenvalue weighted by atomic mass is 10.2. The number of diazo groups is 1. The van der Waals surface area contributed by atoms with Crippen molar-refractivity contribution >= 4 is 0 Å². The molecular weight excluding hydrogens is 178 g/mol. The van der Waals surface area contributed by atoms with Crippen molar-refractivity contribution in [1.82, 2.24) is 4.90 Å². The van der Waals surface area contributed by atoms with Crippen LogP contribution in [0.1, 0.15) is 19.3 Å². The molecule has 4 nitrogen and oxygen atoms in total. The van der Waals surface area contributed by atoms with Crippen LogP contribution >= 0.6 is 0 Å². The summed E-state index contributed by atoms with van der Waals surface area (Å²) in [6, 6.07) is 0.439. The third-order valence-electron chi connectivity index (χ3n) is 2.55. The Labute approximate surface area is 84.2 Å². The first-order valence-corrected chi connectivity index (χ1v) is 4.86. The molecule has 0 radical (unpaired) electrons. The quantitative estimate of drug-likeness (QED) is 0.424. The highest BCUT2D eigenvalue weighted by Gasteiger charge is 2.21. The zero-order valence-corrected chi connectivity index (χ0v) is 8.26. The fraction of sp³-hybridized carbons (Fsp3) is 0.600. The predicted octanol–water partition coefficient (Wildman–Crippen LogP) is 2.28. The molecule has 0 amide bonds. The Morgan fingerprint density at radius 1 is 1.71 bits per heavy atom. The molecule has 0 bridgehead atoms. The van der Waals surface area contributed by atoms with Gasteiger partial charge in [-0.15, -0.1) is 6.58 Å². The van der Waals surface area contributed by atoms with Crippen LogP contribution < -0.4 is 0 Å². The number of nitrogens with zero attached hydrogens (tertiary/aromatic N) is 3. The van der Waals surface area contributed by atoms with Gasteiger partial charge in [0.15, 0.2) is 10.7 Å². The number of likely N-dealkylation sites (tertiary alicyclic amines) is 1. The van der Waals surface area contributed by atoms with Gasteiger partial charge in [-0.2, -0.15) is 0 Å². The van der Waals surface area contributed by atoms with E-state index in [0.29, 0.717) is 12.5 Å². The second-order valence-corrected chi connectivity index (χ2v) is 3.47. The van der Waals surface area contributed by atoms with E-state index in [-0.39, 0.29) is 5.76 Å². The third-order valence-corrected chi connectivity index (χ3v) is 2.55. The molecule has 1 saturated heterocycles. The van der Waals surface area contributed by atoms with Crippen LogP contribution in [0.5, 0.6) is 0 Å². The molecule has 1 rings (SSSR count). The zero-order valence-electron chi connectivity index (χ0n) is 8.26. The third kappa shape index (κ3) is 2.86. The minimum absolute atomic E-state index is 0.113. The minimum atomic E-state index is 0.113.